The van der Waals surface area contributed by atoms with Gasteiger partial charge in [0, 0.05) is 13.1 Å². The fraction of sp³-hybridized carbons (Fsp3) is 0.385. The van der Waals surface area contributed by atoms with Crippen molar-refractivity contribution >= 4 is 11.7 Å². The number of carboxylic acids is 1. The summed E-state index contributed by atoms with van der Waals surface area (Å²) in [5, 5.41) is 17.9. The van der Waals surface area contributed by atoms with E-state index in [0.717, 1.165) is 5.69 Å². The van der Waals surface area contributed by atoms with E-state index in [4.69, 9.17) is 10.4 Å². The Morgan fingerprint density at radius 1 is 1.35 bits per heavy atom. The van der Waals surface area contributed by atoms with Gasteiger partial charge in [-0.2, -0.15) is 5.26 Å². The van der Waals surface area contributed by atoms with Crippen LogP contribution in [0.2, 0.25) is 0 Å². The third kappa shape index (κ3) is 2.39. The number of aliphatic carboxylic acids is 1. The first-order chi connectivity index (χ1) is 8.22. The van der Waals surface area contributed by atoms with Gasteiger partial charge in [0.05, 0.1) is 17.2 Å². The summed E-state index contributed by atoms with van der Waals surface area (Å²) >= 11 is 0. The topological polar surface area (TPSA) is 64.3 Å². The standard InChI is InChI=1S/C13H14N2O2/c14-9-11-3-1-2-4-12(11)15-7-5-10(6-8-15)13(16)17/h1-4,10H,5-8H2,(H,16,17). The largest absolute Gasteiger partial charge is 0.481 e. The molecule has 1 aliphatic heterocycles. The summed E-state index contributed by atoms with van der Waals surface area (Å²) in [5.41, 5.74) is 1.57. The Kier molecular flexibility index (Phi) is 3.29. The van der Waals surface area contributed by atoms with Crippen molar-refractivity contribution in [1.29, 1.82) is 5.26 Å². The highest BCUT2D eigenvalue weighted by molar-refractivity contribution is 5.70. The number of nitriles is 1. The quantitative estimate of drug-likeness (QED) is 0.842. The van der Waals surface area contributed by atoms with Gasteiger partial charge in [-0.25, -0.2) is 0 Å². The van der Waals surface area contributed by atoms with Crippen LogP contribution in [0.15, 0.2) is 24.3 Å². The molecule has 1 aromatic carbocycles. The molecule has 2 rings (SSSR count). The molecule has 0 aromatic heterocycles. The number of para-hydroxylation sites is 1. The lowest BCUT2D eigenvalue weighted by Gasteiger charge is -2.32. The second kappa shape index (κ2) is 4.88. The summed E-state index contributed by atoms with van der Waals surface area (Å²) in [4.78, 5) is 12.9. The van der Waals surface area contributed by atoms with Crippen LogP contribution in [0.3, 0.4) is 0 Å². The molecule has 1 aliphatic rings. The minimum atomic E-state index is -0.710. The zero-order chi connectivity index (χ0) is 12.3. The van der Waals surface area contributed by atoms with E-state index in [1.54, 1.807) is 6.07 Å². The zero-order valence-electron chi connectivity index (χ0n) is 9.47. The molecule has 1 aromatic rings. The smallest absolute Gasteiger partial charge is 0.306 e. The average molecular weight is 230 g/mol. The van der Waals surface area contributed by atoms with Gasteiger partial charge in [0.25, 0.3) is 0 Å². The number of anilines is 1. The Labute approximate surface area is 100 Å². The number of rotatable bonds is 2. The van der Waals surface area contributed by atoms with Crippen LogP contribution in [0.5, 0.6) is 0 Å². The van der Waals surface area contributed by atoms with Crippen molar-refractivity contribution in [3.05, 3.63) is 29.8 Å². The summed E-state index contributed by atoms with van der Waals surface area (Å²) in [6.07, 6.45) is 1.30. The number of hydrogen-bond acceptors (Lipinski definition) is 3. The van der Waals surface area contributed by atoms with Crippen molar-refractivity contribution in [2.75, 3.05) is 18.0 Å². The monoisotopic (exact) mass is 230 g/mol. The second-order valence-corrected chi connectivity index (χ2v) is 4.23. The van der Waals surface area contributed by atoms with Crippen molar-refractivity contribution in [3.8, 4) is 6.07 Å². The van der Waals surface area contributed by atoms with Gasteiger partial charge in [-0.3, -0.25) is 4.79 Å². The summed E-state index contributed by atoms with van der Waals surface area (Å²) in [6.45, 7) is 1.41. The zero-order valence-corrected chi connectivity index (χ0v) is 9.47. The van der Waals surface area contributed by atoms with E-state index in [0.29, 0.717) is 31.5 Å². The molecular weight excluding hydrogens is 216 g/mol. The minimum absolute atomic E-state index is 0.236. The summed E-state index contributed by atoms with van der Waals surface area (Å²) in [7, 11) is 0. The third-order valence-electron chi connectivity index (χ3n) is 3.21. The molecule has 0 radical (unpaired) electrons. The third-order valence-corrected chi connectivity index (χ3v) is 3.21. The molecular formula is C13H14N2O2. The van der Waals surface area contributed by atoms with Crippen LogP contribution < -0.4 is 4.90 Å². The van der Waals surface area contributed by atoms with Crippen LogP contribution in [-0.2, 0) is 4.79 Å². The van der Waals surface area contributed by atoms with E-state index in [1.807, 2.05) is 18.2 Å². The molecule has 1 N–H and O–H groups in total. The maximum Gasteiger partial charge on any atom is 0.306 e. The number of piperidine rings is 1. The molecule has 1 fully saturated rings. The molecule has 17 heavy (non-hydrogen) atoms. The molecule has 0 saturated carbocycles. The van der Waals surface area contributed by atoms with Gasteiger partial charge in [0.15, 0.2) is 0 Å². The molecule has 1 heterocycles. The fourth-order valence-corrected chi connectivity index (χ4v) is 2.21. The van der Waals surface area contributed by atoms with Crippen molar-refractivity contribution in [3.63, 3.8) is 0 Å². The minimum Gasteiger partial charge on any atom is -0.481 e. The molecule has 0 spiro atoms. The molecule has 88 valence electrons. The average Bonchev–Trinajstić information content (AvgIpc) is 2.39. The molecule has 0 unspecified atom stereocenters. The van der Waals surface area contributed by atoms with Crippen molar-refractivity contribution in [1.82, 2.24) is 0 Å². The Morgan fingerprint density at radius 3 is 2.59 bits per heavy atom. The highest BCUT2D eigenvalue weighted by Crippen LogP contribution is 2.25. The maximum absolute atomic E-state index is 10.8. The molecule has 0 amide bonds. The van der Waals surface area contributed by atoms with E-state index in [1.165, 1.54) is 0 Å². The normalized spacial score (nSPS) is 16.5. The SMILES string of the molecule is N#Cc1ccccc1N1CCC(C(=O)O)CC1. The van der Waals surface area contributed by atoms with E-state index < -0.39 is 5.97 Å². The van der Waals surface area contributed by atoms with Gasteiger partial charge >= 0.3 is 5.97 Å². The van der Waals surface area contributed by atoms with E-state index >= 15 is 0 Å². The van der Waals surface area contributed by atoms with Crippen molar-refractivity contribution < 1.29 is 9.90 Å². The highest BCUT2D eigenvalue weighted by atomic mass is 16.4. The second-order valence-electron chi connectivity index (χ2n) is 4.23. The molecule has 0 atom stereocenters. The Hall–Kier alpha value is -2.02. The molecule has 4 heteroatoms. The van der Waals surface area contributed by atoms with E-state index in [9.17, 15) is 4.79 Å². The summed E-state index contributed by atoms with van der Waals surface area (Å²) < 4.78 is 0. The lowest BCUT2D eigenvalue weighted by molar-refractivity contribution is -0.142. The molecule has 4 nitrogen and oxygen atoms in total. The van der Waals surface area contributed by atoms with Crippen LogP contribution in [0.25, 0.3) is 0 Å². The lowest BCUT2D eigenvalue weighted by atomic mass is 9.96. The van der Waals surface area contributed by atoms with Crippen molar-refractivity contribution in [2.24, 2.45) is 5.92 Å². The fourth-order valence-electron chi connectivity index (χ4n) is 2.21. The van der Waals surface area contributed by atoms with Crippen LogP contribution in [0.1, 0.15) is 18.4 Å². The maximum atomic E-state index is 10.8. The number of hydrogen-bond donors (Lipinski definition) is 1. The Balaban J connectivity index is 2.11. The predicted octanol–water partition coefficient (Wildman–Crippen LogP) is 1.86. The Morgan fingerprint density at radius 2 is 2.00 bits per heavy atom. The van der Waals surface area contributed by atoms with Gasteiger partial charge in [-0.15, -0.1) is 0 Å². The van der Waals surface area contributed by atoms with Gasteiger partial charge in [0.2, 0.25) is 0 Å². The molecule has 0 bridgehead atoms. The lowest BCUT2D eigenvalue weighted by Crippen LogP contribution is -2.36. The van der Waals surface area contributed by atoms with Gasteiger partial charge < -0.3 is 10.0 Å². The predicted molar refractivity (Wildman–Crippen MR) is 63.7 cm³/mol. The first-order valence-electron chi connectivity index (χ1n) is 5.69. The van der Waals surface area contributed by atoms with Gasteiger partial charge in [-0.05, 0) is 25.0 Å². The summed E-state index contributed by atoms with van der Waals surface area (Å²) in [5.74, 6) is -0.946. The molecule has 0 aliphatic carbocycles. The van der Waals surface area contributed by atoms with Gasteiger partial charge in [-0.1, -0.05) is 12.1 Å². The summed E-state index contributed by atoms with van der Waals surface area (Å²) in [6, 6.07) is 9.62. The van der Waals surface area contributed by atoms with Crippen LogP contribution in [-0.4, -0.2) is 24.2 Å². The first-order valence-corrected chi connectivity index (χ1v) is 5.69. The first kappa shape index (κ1) is 11.5. The van der Waals surface area contributed by atoms with Gasteiger partial charge in [0.1, 0.15) is 6.07 Å². The van der Waals surface area contributed by atoms with E-state index in [2.05, 4.69) is 11.0 Å². The van der Waals surface area contributed by atoms with Crippen molar-refractivity contribution in [2.45, 2.75) is 12.8 Å². The number of nitrogens with zero attached hydrogens (tertiary/aromatic N) is 2. The van der Waals surface area contributed by atoms with Crippen LogP contribution in [0.4, 0.5) is 5.69 Å². The Bertz CT molecular complexity index is 457. The molecule has 1 saturated heterocycles. The number of benzene rings is 1. The number of carbonyl (C=O) groups is 1. The highest BCUT2D eigenvalue weighted by Gasteiger charge is 2.25. The van der Waals surface area contributed by atoms with Crippen LogP contribution >= 0.6 is 0 Å². The van der Waals surface area contributed by atoms with E-state index in [-0.39, 0.29) is 5.92 Å². The van der Waals surface area contributed by atoms with Crippen LogP contribution in [0, 0.1) is 17.2 Å². The number of carboxylic acid groups (broad SMARTS) is 1.